The smallest absolute Gasteiger partial charge is 0.183 e. The van der Waals surface area contributed by atoms with E-state index in [1.165, 1.54) is 0 Å². The fourth-order valence-electron chi connectivity index (χ4n) is 3.25. The molecular weight excluding hydrogens is 345 g/mol. The molecular formula is C17H17ClFN5O. The topological polar surface area (TPSA) is 86.7 Å². The Kier molecular flexibility index (Phi) is 4.27. The van der Waals surface area contributed by atoms with E-state index in [9.17, 15) is 9.50 Å². The SMILES string of the molecule is OC1CCC[C@H](Nc2nc(-c3c[nH]c4ncc(Cl)cc34)ncc2F)C1. The number of nitrogens with zero attached hydrogens (tertiary/aromatic N) is 3. The first-order chi connectivity index (χ1) is 12.1. The van der Waals surface area contributed by atoms with Gasteiger partial charge in [0.05, 0.1) is 17.3 Å². The lowest BCUT2D eigenvalue weighted by molar-refractivity contribution is 0.124. The van der Waals surface area contributed by atoms with Gasteiger partial charge in [-0.3, -0.25) is 0 Å². The lowest BCUT2D eigenvalue weighted by Gasteiger charge is -2.27. The van der Waals surface area contributed by atoms with Gasteiger partial charge < -0.3 is 15.4 Å². The molecule has 1 aliphatic rings. The first kappa shape index (κ1) is 16.2. The summed E-state index contributed by atoms with van der Waals surface area (Å²) >= 11 is 6.02. The summed E-state index contributed by atoms with van der Waals surface area (Å²) in [5.41, 5.74) is 1.37. The van der Waals surface area contributed by atoms with Crippen molar-refractivity contribution in [3.05, 3.63) is 35.5 Å². The van der Waals surface area contributed by atoms with E-state index in [0.29, 0.717) is 28.5 Å². The number of rotatable bonds is 3. The van der Waals surface area contributed by atoms with Gasteiger partial charge in [-0.15, -0.1) is 0 Å². The van der Waals surface area contributed by atoms with Crippen molar-refractivity contribution in [1.82, 2.24) is 19.9 Å². The van der Waals surface area contributed by atoms with Crippen LogP contribution in [0.2, 0.25) is 5.02 Å². The van der Waals surface area contributed by atoms with Gasteiger partial charge >= 0.3 is 0 Å². The Morgan fingerprint density at radius 3 is 3.00 bits per heavy atom. The zero-order valence-electron chi connectivity index (χ0n) is 13.3. The van der Waals surface area contributed by atoms with Gasteiger partial charge in [0.25, 0.3) is 0 Å². The molecule has 6 nitrogen and oxygen atoms in total. The van der Waals surface area contributed by atoms with Crippen molar-refractivity contribution in [2.45, 2.75) is 37.8 Å². The van der Waals surface area contributed by atoms with Crippen LogP contribution in [0.3, 0.4) is 0 Å². The fraction of sp³-hybridized carbons (Fsp3) is 0.353. The molecule has 0 radical (unpaired) electrons. The van der Waals surface area contributed by atoms with E-state index < -0.39 is 5.82 Å². The van der Waals surface area contributed by atoms with Gasteiger partial charge in [0.2, 0.25) is 0 Å². The summed E-state index contributed by atoms with van der Waals surface area (Å²) < 4.78 is 14.2. The average Bonchev–Trinajstić information content (AvgIpc) is 3.00. The van der Waals surface area contributed by atoms with E-state index in [4.69, 9.17) is 11.6 Å². The number of H-pyrrole nitrogens is 1. The Hall–Kier alpha value is -2.25. The van der Waals surface area contributed by atoms with Crippen LogP contribution < -0.4 is 5.32 Å². The lowest BCUT2D eigenvalue weighted by atomic mass is 9.93. The molecule has 3 N–H and O–H groups in total. The Bertz CT molecular complexity index is 915. The van der Waals surface area contributed by atoms with E-state index in [1.54, 1.807) is 18.5 Å². The van der Waals surface area contributed by atoms with Gasteiger partial charge in [0.1, 0.15) is 5.65 Å². The largest absolute Gasteiger partial charge is 0.393 e. The summed E-state index contributed by atoms with van der Waals surface area (Å²) in [7, 11) is 0. The van der Waals surface area contributed by atoms with Crippen LogP contribution in [0.4, 0.5) is 10.2 Å². The number of hydrogen-bond donors (Lipinski definition) is 3. The maximum atomic E-state index is 14.2. The van der Waals surface area contributed by atoms with Gasteiger partial charge in [0.15, 0.2) is 17.5 Å². The number of anilines is 1. The van der Waals surface area contributed by atoms with Gasteiger partial charge in [-0.2, -0.15) is 0 Å². The molecule has 0 bridgehead atoms. The molecule has 8 heteroatoms. The predicted molar refractivity (Wildman–Crippen MR) is 94.0 cm³/mol. The molecule has 4 rings (SSSR count). The van der Waals surface area contributed by atoms with Crippen molar-refractivity contribution in [3.63, 3.8) is 0 Å². The Morgan fingerprint density at radius 2 is 2.16 bits per heavy atom. The molecule has 1 saturated carbocycles. The van der Waals surface area contributed by atoms with Crippen molar-refractivity contribution in [2.75, 3.05) is 5.32 Å². The molecule has 3 aromatic heterocycles. The number of pyridine rings is 1. The average molecular weight is 362 g/mol. The first-order valence-corrected chi connectivity index (χ1v) is 8.58. The lowest BCUT2D eigenvalue weighted by Crippen LogP contribution is -2.30. The molecule has 0 aromatic carbocycles. The van der Waals surface area contributed by atoms with Crippen LogP contribution in [0.25, 0.3) is 22.4 Å². The highest BCUT2D eigenvalue weighted by molar-refractivity contribution is 6.31. The summed E-state index contributed by atoms with van der Waals surface area (Å²) in [6.45, 7) is 0. The summed E-state index contributed by atoms with van der Waals surface area (Å²) in [4.78, 5) is 15.7. The summed E-state index contributed by atoms with van der Waals surface area (Å²) in [5, 5.41) is 14.2. The molecule has 1 unspecified atom stereocenters. The van der Waals surface area contributed by atoms with Crippen LogP contribution in [-0.2, 0) is 0 Å². The van der Waals surface area contributed by atoms with Crippen LogP contribution >= 0.6 is 11.6 Å². The van der Waals surface area contributed by atoms with Crippen LogP contribution in [0, 0.1) is 5.82 Å². The highest BCUT2D eigenvalue weighted by Crippen LogP contribution is 2.29. The van der Waals surface area contributed by atoms with Crippen molar-refractivity contribution in [3.8, 4) is 11.4 Å². The fourth-order valence-corrected chi connectivity index (χ4v) is 3.41. The third-order valence-corrected chi connectivity index (χ3v) is 4.68. The summed E-state index contributed by atoms with van der Waals surface area (Å²) in [5.74, 6) is 0.0174. The van der Waals surface area contributed by atoms with Crippen LogP contribution in [0.15, 0.2) is 24.7 Å². The quantitative estimate of drug-likeness (QED) is 0.664. The maximum Gasteiger partial charge on any atom is 0.183 e. The number of aromatic nitrogens is 4. The standard InChI is InChI=1S/C17H17ClFN5O/c18-9-4-12-13(7-21-15(12)20-6-9)16-22-8-14(19)17(24-16)23-10-2-1-3-11(25)5-10/h4,6-8,10-11,25H,1-3,5H2,(H,20,21)(H,22,23,24)/t10-,11?/m0/s1. The molecule has 1 aliphatic carbocycles. The maximum absolute atomic E-state index is 14.2. The monoisotopic (exact) mass is 361 g/mol. The van der Waals surface area contributed by atoms with Crippen LogP contribution in [0.5, 0.6) is 0 Å². The zero-order chi connectivity index (χ0) is 17.4. The molecule has 0 spiro atoms. The highest BCUT2D eigenvalue weighted by atomic mass is 35.5. The van der Waals surface area contributed by atoms with Gasteiger partial charge in [-0.25, -0.2) is 19.3 Å². The summed E-state index contributed by atoms with van der Waals surface area (Å²) in [6, 6.07) is 1.77. The number of aliphatic hydroxyl groups excluding tert-OH is 1. The number of nitrogens with one attached hydrogen (secondary N) is 2. The third kappa shape index (κ3) is 3.29. The normalized spacial score (nSPS) is 20.8. The number of halogens is 2. The van der Waals surface area contributed by atoms with Crippen LogP contribution in [-0.4, -0.2) is 37.2 Å². The molecule has 0 amide bonds. The van der Waals surface area contributed by atoms with Crippen molar-refractivity contribution in [2.24, 2.45) is 0 Å². The van der Waals surface area contributed by atoms with E-state index in [0.717, 1.165) is 30.8 Å². The van der Waals surface area contributed by atoms with Crippen molar-refractivity contribution < 1.29 is 9.50 Å². The van der Waals surface area contributed by atoms with E-state index >= 15 is 0 Å². The van der Waals surface area contributed by atoms with Crippen molar-refractivity contribution >= 4 is 28.5 Å². The number of aliphatic hydroxyl groups is 1. The highest BCUT2D eigenvalue weighted by Gasteiger charge is 2.22. The van der Waals surface area contributed by atoms with Crippen molar-refractivity contribution in [1.29, 1.82) is 0 Å². The Labute approximate surface area is 148 Å². The van der Waals surface area contributed by atoms with Crippen LogP contribution in [0.1, 0.15) is 25.7 Å². The van der Waals surface area contributed by atoms with Gasteiger partial charge in [0, 0.05) is 29.4 Å². The first-order valence-electron chi connectivity index (χ1n) is 8.20. The predicted octanol–water partition coefficient (Wildman–Crippen LogP) is 3.53. The number of hydrogen-bond acceptors (Lipinski definition) is 5. The molecule has 3 aromatic rings. The summed E-state index contributed by atoms with van der Waals surface area (Å²) in [6.07, 6.45) is 7.25. The van der Waals surface area contributed by atoms with Gasteiger partial charge in [-0.05, 0) is 31.7 Å². The number of aromatic amines is 1. The second-order valence-electron chi connectivity index (χ2n) is 6.30. The minimum Gasteiger partial charge on any atom is -0.393 e. The van der Waals surface area contributed by atoms with E-state index in [1.807, 2.05) is 0 Å². The second kappa shape index (κ2) is 6.57. The minimum absolute atomic E-state index is 0.0000741. The third-order valence-electron chi connectivity index (χ3n) is 4.47. The second-order valence-corrected chi connectivity index (χ2v) is 6.74. The number of fused-ring (bicyclic) bond motifs is 1. The zero-order valence-corrected chi connectivity index (χ0v) is 14.1. The molecule has 0 saturated heterocycles. The van der Waals surface area contributed by atoms with E-state index in [-0.39, 0.29) is 18.0 Å². The molecule has 3 heterocycles. The van der Waals surface area contributed by atoms with Gasteiger partial charge in [-0.1, -0.05) is 11.6 Å². The molecule has 0 aliphatic heterocycles. The molecule has 130 valence electrons. The Morgan fingerprint density at radius 1 is 1.28 bits per heavy atom. The van der Waals surface area contributed by atoms with E-state index in [2.05, 4.69) is 25.3 Å². The molecule has 1 fully saturated rings. The molecule has 25 heavy (non-hydrogen) atoms. The Balaban J connectivity index is 1.67. The minimum atomic E-state index is -0.514. The molecule has 2 atom stereocenters.